The summed E-state index contributed by atoms with van der Waals surface area (Å²) in [6, 6.07) is 10.7. The van der Waals surface area contributed by atoms with E-state index in [2.05, 4.69) is 30.9 Å². The molecule has 0 bridgehead atoms. The second kappa shape index (κ2) is 8.50. The molecule has 0 heterocycles. The fourth-order valence-corrected chi connectivity index (χ4v) is 4.90. The zero-order chi connectivity index (χ0) is 22.6. The summed E-state index contributed by atoms with van der Waals surface area (Å²) in [7, 11) is -9.63. The van der Waals surface area contributed by atoms with Gasteiger partial charge in [0, 0.05) is 11.1 Å². The molecular weight excluding hydrogens is 427 g/mol. The van der Waals surface area contributed by atoms with Crippen LogP contribution >= 0.6 is 10.2 Å². The van der Waals surface area contributed by atoms with E-state index >= 15 is 0 Å². The molecule has 2 aromatic carbocycles. The monoisotopic (exact) mass is 456 g/mol. The predicted molar refractivity (Wildman–Crippen MR) is 119 cm³/mol. The van der Waals surface area contributed by atoms with Gasteiger partial charge in [-0.05, 0) is 79.5 Å². The van der Waals surface area contributed by atoms with Crippen LogP contribution in [0.4, 0.5) is 19.4 Å². The maximum absolute atomic E-state index is 12.8. The van der Waals surface area contributed by atoms with Crippen molar-refractivity contribution in [3.8, 4) is 11.8 Å². The first-order valence-electron chi connectivity index (χ1n) is 10.9. The minimum absolute atomic E-state index is 0.260. The van der Waals surface area contributed by atoms with Crippen molar-refractivity contribution in [2.75, 3.05) is 0 Å². The second-order valence-corrected chi connectivity index (χ2v) is 11.0. The van der Waals surface area contributed by atoms with E-state index in [1.807, 2.05) is 12.1 Å². The SMILES string of the molecule is CCCCCC1CCC(c2ccc(C#Cc3ccc(S(F)(F)(F)(F)F)cc3)cc2)CC1. The van der Waals surface area contributed by atoms with Gasteiger partial charge in [0.15, 0.2) is 0 Å². The molecule has 0 nitrogen and oxygen atoms in total. The first-order chi connectivity index (χ1) is 14.4. The van der Waals surface area contributed by atoms with Crippen LogP contribution < -0.4 is 0 Å². The molecule has 0 spiro atoms. The molecule has 1 fully saturated rings. The Morgan fingerprint density at radius 2 is 1.26 bits per heavy atom. The maximum atomic E-state index is 12.8. The average Bonchev–Trinajstić information content (AvgIpc) is 2.72. The van der Waals surface area contributed by atoms with Gasteiger partial charge in [0.05, 0.1) is 0 Å². The molecule has 0 amide bonds. The number of hydrogen-bond acceptors (Lipinski definition) is 0. The van der Waals surface area contributed by atoms with Gasteiger partial charge in [-0.25, -0.2) is 0 Å². The molecule has 31 heavy (non-hydrogen) atoms. The van der Waals surface area contributed by atoms with Crippen molar-refractivity contribution >= 4 is 10.2 Å². The molecule has 3 rings (SSSR count). The fraction of sp³-hybridized carbons (Fsp3) is 0.440. The smallest absolute Gasteiger partial charge is 0.0936 e. The number of unbranched alkanes of at least 4 members (excludes halogenated alkanes) is 2. The predicted octanol–water partition coefficient (Wildman–Crippen LogP) is 9.60. The topological polar surface area (TPSA) is 0 Å². The molecule has 0 saturated heterocycles. The Morgan fingerprint density at radius 3 is 1.74 bits per heavy atom. The van der Waals surface area contributed by atoms with Gasteiger partial charge in [-0.15, -0.1) is 0 Å². The molecule has 0 unspecified atom stereocenters. The molecule has 6 heteroatoms. The quantitative estimate of drug-likeness (QED) is 0.231. The largest absolute Gasteiger partial charge is 0.310 e. The van der Waals surface area contributed by atoms with Crippen LogP contribution in [0.5, 0.6) is 0 Å². The molecule has 0 atom stereocenters. The number of rotatable bonds is 6. The summed E-state index contributed by atoms with van der Waals surface area (Å²) in [5.74, 6) is 7.07. The third-order valence-corrected chi connectivity index (χ3v) is 7.26. The number of halogens is 5. The summed E-state index contributed by atoms with van der Waals surface area (Å²) >= 11 is 0. The van der Waals surface area contributed by atoms with E-state index in [1.54, 1.807) is 0 Å². The summed E-state index contributed by atoms with van der Waals surface area (Å²) in [5.41, 5.74) is 2.31. The van der Waals surface area contributed by atoms with Gasteiger partial charge in [-0.2, -0.15) is 0 Å². The molecule has 0 radical (unpaired) electrons. The first kappa shape index (κ1) is 23.7. The lowest BCUT2D eigenvalue weighted by atomic mass is 9.77. The van der Waals surface area contributed by atoms with Crippen molar-refractivity contribution in [3.63, 3.8) is 0 Å². The van der Waals surface area contributed by atoms with E-state index in [0.29, 0.717) is 18.1 Å². The number of benzene rings is 2. The Balaban J connectivity index is 1.58. The molecule has 1 aliphatic rings. The fourth-order valence-electron chi connectivity index (χ4n) is 4.25. The average molecular weight is 457 g/mol. The van der Waals surface area contributed by atoms with Crippen LogP contribution in [0.3, 0.4) is 0 Å². The Morgan fingerprint density at radius 1 is 0.742 bits per heavy atom. The molecule has 170 valence electrons. The molecule has 0 N–H and O–H groups in total. The van der Waals surface area contributed by atoms with Crippen molar-refractivity contribution in [2.24, 2.45) is 5.92 Å². The minimum Gasteiger partial charge on any atom is -0.0936 e. The van der Waals surface area contributed by atoms with E-state index in [1.165, 1.54) is 56.9 Å². The third-order valence-electron chi connectivity index (χ3n) is 6.10. The standard InChI is InChI=1S/C25H29F5S/c1-2-3-4-5-20-8-14-23(15-9-20)24-16-10-21(11-17-24)6-7-22-12-18-25(19-13-22)31(26,27,28,29)30/h10-13,16-20,23H,2-5,8-9,14-15H2,1H3. The summed E-state index contributed by atoms with van der Waals surface area (Å²) in [4.78, 5) is -1.89. The summed E-state index contributed by atoms with van der Waals surface area (Å²) in [6.07, 6.45) is 10.2. The van der Waals surface area contributed by atoms with Crippen molar-refractivity contribution in [3.05, 3.63) is 65.2 Å². The van der Waals surface area contributed by atoms with Gasteiger partial charge in [0.1, 0.15) is 4.90 Å². The lowest BCUT2D eigenvalue weighted by molar-refractivity contribution is 0.303. The van der Waals surface area contributed by atoms with E-state index < -0.39 is 15.1 Å². The Bertz CT molecular complexity index is 927. The maximum Gasteiger partial charge on any atom is 0.310 e. The van der Waals surface area contributed by atoms with Crippen LogP contribution in [0, 0.1) is 17.8 Å². The lowest BCUT2D eigenvalue weighted by Gasteiger charge is -2.40. The summed E-state index contributed by atoms with van der Waals surface area (Å²) in [5, 5.41) is 0. The molecule has 2 aromatic rings. The van der Waals surface area contributed by atoms with Gasteiger partial charge in [0.2, 0.25) is 0 Å². The zero-order valence-corrected chi connectivity index (χ0v) is 18.5. The van der Waals surface area contributed by atoms with Crippen molar-refractivity contribution in [2.45, 2.75) is 69.1 Å². The van der Waals surface area contributed by atoms with Gasteiger partial charge < -0.3 is 0 Å². The Labute approximate surface area is 182 Å². The van der Waals surface area contributed by atoms with Crippen LogP contribution in [-0.2, 0) is 0 Å². The van der Waals surface area contributed by atoms with Crippen LogP contribution in [0.15, 0.2) is 53.4 Å². The summed E-state index contributed by atoms with van der Waals surface area (Å²) < 4.78 is 63.9. The van der Waals surface area contributed by atoms with Crippen LogP contribution in [0.2, 0.25) is 0 Å². The normalized spacial score (nSPS) is 21.5. The molecule has 1 saturated carbocycles. The zero-order valence-electron chi connectivity index (χ0n) is 17.7. The number of hydrogen-bond donors (Lipinski definition) is 0. The molecule has 1 aliphatic carbocycles. The molecule has 0 aromatic heterocycles. The van der Waals surface area contributed by atoms with E-state index in [0.717, 1.165) is 23.6 Å². The Hall–Kier alpha value is -2.00. The highest BCUT2D eigenvalue weighted by Crippen LogP contribution is 3.02. The van der Waals surface area contributed by atoms with Crippen molar-refractivity contribution in [1.29, 1.82) is 0 Å². The third kappa shape index (κ3) is 7.00. The van der Waals surface area contributed by atoms with E-state index in [4.69, 9.17) is 0 Å². The van der Waals surface area contributed by atoms with Crippen LogP contribution in [0.1, 0.15) is 80.9 Å². The second-order valence-electron chi connectivity index (χ2n) is 8.58. The van der Waals surface area contributed by atoms with Gasteiger partial charge in [-0.1, -0.05) is 76.0 Å². The van der Waals surface area contributed by atoms with Gasteiger partial charge in [-0.3, -0.25) is 0 Å². The van der Waals surface area contributed by atoms with E-state index in [-0.39, 0.29) is 5.56 Å². The summed E-state index contributed by atoms with van der Waals surface area (Å²) in [6.45, 7) is 2.23. The van der Waals surface area contributed by atoms with Crippen LogP contribution in [0.25, 0.3) is 0 Å². The highest BCUT2D eigenvalue weighted by molar-refractivity contribution is 8.45. The van der Waals surface area contributed by atoms with Crippen LogP contribution in [-0.4, -0.2) is 0 Å². The van der Waals surface area contributed by atoms with E-state index in [9.17, 15) is 19.4 Å². The minimum atomic E-state index is -9.63. The highest BCUT2D eigenvalue weighted by Gasteiger charge is 2.65. The van der Waals surface area contributed by atoms with Gasteiger partial charge >= 0.3 is 10.2 Å². The van der Waals surface area contributed by atoms with Gasteiger partial charge in [0.25, 0.3) is 0 Å². The first-order valence-corrected chi connectivity index (χ1v) is 12.9. The lowest BCUT2D eigenvalue weighted by Crippen LogP contribution is -2.13. The molecular formula is C25H29F5S. The Kier molecular flexibility index (Phi) is 6.49. The van der Waals surface area contributed by atoms with Crippen molar-refractivity contribution in [1.82, 2.24) is 0 Å². The van der Waals surface area contributed by atoms with Crippen molar-refractivity contribution < 1.29 is 19.4 Å². The highest BCUT2D eigenvalue weighted by atomic mass is 32.5. The molecule has 0 aliphatic heterocycles.